The normalized spacial score (nSPS) is 10.8. The highest BCUT2D eigenvalue weighted by Gasteiger charge is 2.02. The number of thiazole rings is 1. The lowest BCUT2D eigenvalue weighted by molar-refractivity contribution is 1.24. The van der Waals surface area contributed by atoms with Crippen molar-refractivity contribution < 1.29 is 0 Å². The lowest BCUT2D eigenvalue weighted by atomic mass is 10.4. The molecule has 0 fully saturated rings. The summed E-state index contributed by atoms with van der Waals surface area (Å²) in [7, 11) is 0. The van der Waals surface area contributed by atoms with Crippen molar-refractivity contribution in [3.8, 4) is 0 Å². The number of pyridine rings is 1. The summed E-state index contributed by atoms with van der Waals surface area (Å²) in [6, 6.07) is 1.90. The quantitative estimate of drug-likeness (QED) is 0.710. The number of hydrogen-bond acceptors (Lipinski definition) is 5. The molecule has 5 heteroatoms. The molecule has 0 spiro atoms. The Kier molecular flexibility index (Phi) is 1.90. The molecule has 0 bridgehead atoms. The van der Waals surface area contributed by atoms with Gasteiger partial charge in [0.2, 0.25) is 0 Å². The number of nitrogen functional groups attached to an aromatic ring is 1. The highest BCUT2D eigenvalue weighted by molar-refractivity contribution is 8.00. The van der Waals surface area contributed by atoms with Crippen molar-refractivity contribution in [3.63, 3.8) is 0 Å². The summed E-state index contributed by atoms with van der Waals surface area (Å²) in [5.74, 6) is 0. The molecule has 0 aromatic carbocycles. The predicted molar refractivity (Wildman–Crippen MR) is 53.6 cm³/mol. The van der Waals surface area contributed by atoms with Gasteiger partial charge < -0.3 is 5.73 Å². The maximum absolute atomic E-state index is 5.58. The van der Waals surface area contributed by atoms with Crippen LogP contribution in [0.5, 0.6) is 0 Å². The molecule has 2 aromatic heterocycles. The lowest BCUT2D eigenvalue weighted by Gasteiger charge is -1.88. The van der Waals surface area contributed by atoms with Crippen molar-refractivity contribution in [2.24, 2.45) is 0 Å². The molecule has 2 heterocycles. The number of aromatic nitrogens is 2. The second-order valence-electron chi connectivity index (χ2n) is 2.27. The molecule has 0 saturated carbocycles. The first-order chi connectivity index (χ1) is 5.79. The zero-order valence-electron chi connectivity index (χ0n) is 6.44. The zero-order valence-corrected chi connectivity index (χ0v) is 8.08. The van der Waals surface area contributed by atoms with Crippen LogP contribution in [0.15, 0.2) is 16.6 Å². The first kappa shape index (κ1) is 7.82. The second-order valence-corrected chi connectivity index (χ2v) is 4.36. The summed E-state index contributed by atoms with van der Waals surface area (Å²) < 4.78 is 2.09. The van der Waals surface area contributed by atoms with Crippen LogP contribution >= 0.6 is 23.1 Å². The Morgan fingerprint density at radius 2 is 2.42 bits per heavy atom. The van der Waals surface area contributed by atoms with E-state index >= 15 is 0 Å². The number of thioether (sulfide) groups is 1. The number of hydrogen-bond donors (Lipinski definition) is 1. The van der Waals surface area contributed by atoms with Crippen LogP contribution < -0.4 is 5.73 Å². The minimum absolute atomic E-state index is 0.693. The molecule has 3 nitrogen and oxygen atoms in total. The molecule has 0 aliphatic carbocycles. The summed E-state index contributed by atoms with van der Waals surface area (Å²) in [5, 5.41) is 0. The monoisotopic (exact) mass is 197 g/mol. The van der Waals surface area contributed by atoms with E-state index in [0.717, 1.165) is 14.7 Å². The van der Waals surface area contributed by atoms with Gasteiger partial charge >= 0.3 is 0 Å². The first-order valence-corrected chi connectivity index (χ1v) is 5.40. The van der Waals surface area contributed by atoms with E-state index in [1.54, 1.807) is 29.3 Å². The summed E-state index contributed by atoms with van der Waals surface area (Å²) in [6.07, 6.45) is 3.63. The van der Waals surface area contributed by atoms with Gasteiger partial charge in [0.1, 0.15) is 0 Å². The van der Waals surface area contributed by atoms with Crippen LogP contribution in [0.1, 0.15) is 0 Å². The van der Waals surface area contributed by atoms with Gasteiger partial charge in [-0.1, -0.05) is 11.8 Å². The van der Waals surface area contributed by atoms with Crippen LogP contribution in [-0.4, -0.2) is 16.2 Å². The van der Waals surface area contributed by atoms with Crippen molar-refractivity contribution in [2.75, 3.05) is 12.0 Å². The van der Waals surface area contributed by atoms with E-state index < -0.39 is 0 Å². The van der Waals surface area contributed by atoms with Crippen molar-refractivity contribution in [1.82, 2.24) is 9.97 Å². The van der Waals surface area contributed by atoms with Crippen LogP contribution in [0.2, 0.25) is 0 Å². The number of rotatable bonds is 1. The minimum atomic E-state index is 0.693. The average Bonchev–Trinajstić information content (AvgIpc) is 2.46. The molecular weight excluding hydrogens is 190 g/mol. The van der Waals surface area contributed by atoms with E-state index in [9.17, 15) is 0 Å². The van der Waals surface area contributed by atoms with E-state index in [1.807, 2.05) is 12.3 Å². The summed E-state index contributed by atoms with van der Waals surface area (Å²) in [4.78, 5) is 8.40. The van der Waals surface area contributed by atoms with Crippen molar-refractivity contribution in [3.05, 3.63) is 12.3 Å². The Balaban J connectivity index is 2.67. The lowest BCUT2D eigenvalue weighted by Crippen LogP contribution is -1.84. The maximum Gasteiger partial charge on any atom is 0.171 e. The topological polar surface area (TPSA) is 51.8 Å². The molecule has 12 heavy (non-hydrogen) atoms. The van der Waals surface area contributed by atoms with Gasteiger partial charge in [-0.05, 0) is 12.3 Å². The van der Waals surface area contributed by atoms with Crippen molar-refractivity contribution in [1.29, 1.82) is 0 Å². The highest BCUT2D eigenvalue weighted by atomic mass is 32.2. The van der Waals surface area contributed by atoms with Gasteiger partial charge in [-0.2, -0.15) is 0 Å². The molecule has 0 radical (unpaired) electrons. The molecule has 0 saturated heterocycles. The van der Waals surface area contributed by atoms with E-state index in [2.05, 4.69) is 9.97 Å². The molecule has 0 unspecified atom stereocenters. The van der Waals surface area contributed by atoms with Crippen LogP contribution in [0.4, 0.5) is 5.69 Å². The fraction of sp³-hybridized carbons (Fsp3) is 0.143. The minimum Gasteiger partial charge on any atom is -0.397 e. The number of fused-ring (bicyclic) bond motifs is 1. The Labute approximate surface area is 78.0 Å². The van der Waals surface area contributed by atoms with Gasteiger partial charge in [0, 0.05) is 0 Å². The number of nitrogens with two attached hydrogens (primary N) is 1. The van der Waals surface area contributed by atoms with E-state index in [4.69, 9.17) is 5.73 Å². The van der Waals surface area contributed by atoms with Gasteiger partial charge in [-0.25, -0.2) is 9.97 Å². The molecule has 0 aliphatic heterocycles. The van der Waals surface area contributed by atoms with E-state index in [-0.39, 0.29) is 0 Å². The van der Waals surface area contributed by atoms with Gasteiger partial charge in [-0.15, -0.1) is 11.3 Å². The van der Waals surface area contributed by atoms with Crippen LogP contribution in [0, 0.1) is 0 Å². The SMILES string of the molecule is CSc1nc2ncc(N)cc2s1. The standard InChI is InChI=1S/C7H7N3S2/c1-11-7-10-6-5(12-7)2-4(8)3-9-6/h2-3H,8H2,1H3. The Morgan fingerprint density at radius 1 is 1.58 bits per heavy atom. The number of nitrogens with zero attached hydrogens (tertiary/aromatic N) is 2. The van der Waals surface area contributed by atoms with Gasteiger partial charge in [0.25, 0.3) is 0 Å². The fourth-order valence-electron chi connectivity index (χ4n) is 0.902. The van der Waals surface area contributed by atoms with Crippen molar-refractivity contribution in [2.45, 2.75) is 4.34 Å². The zero-order chi connectivity index (χ0) is 8.55. The summed E-state index contributed by atoms with van der Waals surface area (Å²) >= 11 is 3.25. The molecular formula is C7H7N3S2. The van der Waals surface area contributed by atoms with Crippen LogP contribution in [0.3, 0.4) is 0 Å². The molecule has 2 N–H and O–H groups in total. The van der Waals surface area contributed by atoms with Crippen LogP contribution in [-0.2, 0) is 0 Å². The van der Waals surface area contributed by atoms with Crippen molar-refractivity contribution >= 4 is 39.1 Å². The second kappa shape index (κ2) is 2.91. The third kappa shape index (κ3) is 1.25. The molecule has 0 atom stereocenters. The molecule has 0 amide bonds. The smallest absolute Gasteiger partial charge is 0.171 e. The van der Waals surface area contributed by atoms with Gasteiger partial charge in [0.15, 0.2) is 9.99 Å². The average molecular weight is 197 g/mol. The highest BCUT2D eigenvalue weighted by Crippen LogP contribution is 2.27. The van der Waals surface area contributed by atoms with Gasteiger partial charge in [0.05, 0.1) is 16.6 Å². The fourth-order valence-corrected chi connectivity index (χ4v) is 2.39. The molecule has 0 aliphatic rings. The Hall–Kier alpha value is -0.810. The Morgan fingerprint density at radius 3 is 3.17 bits per heavy atom. The van der Waals surface area contributed by atoms with E-state index in [1.165, 1.54) is 0 Å². The molecule has 62 valence electrons. The third-order valence-electron chi connectivity index (χ3n) is 1.42. The van der Waals surface area contributed by atoms with Crippen LogP contribution in [0.25, 0.3) is 10.3 Å². The third-order valence-corrected chi connectivity index (χ3v) is 3.40. The summed E-state index contributed by atoms with van der Waals surface area (Å²) in [5.41, 5.74) is 7.07. The largest absolute Gasteiger partial charge is 0.397 e. The van der Waals surface area contributed by atoms with Gasteiger partial charge in [-0.3, -0.25) is 0 Å². The molecule has 2 rings (SSSR count). The van der Waals surface area contributed by atoms with E-state index in [0.29, 0.717) is 5.69 Å². The molecule has 2 aromatic rings. The first-order valence-electron chi connectivity index (χ1n) is 3.35. The number of anilines is 1. The summed E-state index contributed by atoms with van der Waals surface area (Å²) in [6.45, 7) is 0. The Bertz CT molecular complexity index is 410. The maximum atomic E-state index is 5.58. The predicted octanol–water partition coefficient (Wildman–Crippen LogP) is 2.00.